The van der Waals surface area contributed by atoms with E-state index in [-0.39, 0.29) is 0 Å². The quantitative estimate of drug-likeness (QED) is 0.810. The summed E-state index contributed by atoms with van der Waals surface area (Å²) >= 11 is 0. The minimum Gasteiger partial charge on any atom is -0.497 e. The Morgan fingerprint density at radius 2 is 2.05 bits per heavy atom. The fourth-order valence-corrected chi connectivity index (χ4v) is 2.66. The molecule has 1 aliphatic heterocycles. The molecule has 20 heavy (non-hydrogen) atoms. The zero-order chi connectivity index (χ0) is 14.5. The summed E-state index contributed by atoms with van der Waals surface area (Å²) in [5.74, 6) is 0.816. The number of nitrogens with zero attached hydrogens (tertiary/aromatic N) is 2. The standard InChI is InChI=1S/C16H25N3O/c1-4-18(5-2)9-10-19-8-6-7-13-11-14(20-3)12-15(17)16(13)19/h6-7,11-12H,4-5,8-10,17H2,1-3H3. The van der Waals surface area contributed by atoms with Crippen molar-refractivity contribution < 1.29 is 4.74 Å². The Bertz CT molecular complexity index is 481. The third-order valence-corrected chi connectivity index (χ3v) is 3.90. The van der Waals surface area contributed by atoms with E-state index in [0.717, 1.165) is 55.4 Å². The smallest absolute Gasteiger partial charge is 0.121 e. The van der Waals surface area contributed by atoms with Gasteiger partial charge in [0.05, 0.1) is 18.5 Å². The lowest BCUT2D eigenvalue weighted by atomic mass is 10.1. The monoisotopic (exact) mass is 275 g/mol. The molecule has 0 aliphatic carbocycles. The number of nitrogen functional groups attached to an aromatic ring is 1. The van der Waals surface area contributed by atoms with Gasteiger partial charge in [-0.15, -0.1) is 0 Å². The van der Waals surface area contributed by atoms with E-state index < -0.39 is 0 Å². The molecule has 1 aliphatic rings. The fourth-order valence-electron chi connectivity index (χ4n) is 2.66. The zero-order valence-electron chi connectivity index (χ0n) is 12.7. The number of hydrogen-bond donors (Lipinski definition) is 1. The minimum absolute atomic E-state index is 0.795. The van der Waals surface area contributed by atoms with Gasteiger partial charge in [0.25, 0.3) is 0 Å². The van der Waals surface area contributed by atoms with Gasteiger partial charge in [-0.1, -0.05) is 26.0 Å². The predicted octanol–water partition coefficient (Wildman–Crippen LogP) is 2.45. The summed E-state index contributed by atoms with van der Waals surface area (Å²) in [7, 11) is 1.67. The maximum Gasteiger partial charge on any atom is 0.121 e. The second kappa shape index (κ2) is 6.66. The van der Waals surface area contributed by atoms with E-state index in [2.05, 4.69) is 35.8 Å². The lowest BCUT2D eigenvalue weighted by Crippen LogP contribution is -2.36. The van der Waals surface area contributed by atoms with Crippen LogP contribution in [0.15, 0.2) is 18.2 Å². The summed E-state index contributed by atoms with van der Waals surface area (Å²) < 4.78 is 5.29. The molecular formula is C16H25N3O. The summed E-state index contributed by atoms with van der Waals surface area (Å²) in [6, 6.07) is 3.95. The van der Waals surface area contributed by atoms with Crippen LogP contribution in [0.5, 0.6) is 5.75 Å². The molecule has 1 heterocycles. The topological polar surface area (TPSA) is 41.7 Å². The van der Waals surface area contributed by atoms with E-state index in [4.69, 9.17) is 10.5 Å². The molecule has 2 N–H and O–H groups in total. The van der Waals surface area contributed by atoms with E-state index in [1.165, 1.54) is 0 Å². The average molecular weight is 275 g/mol. The van der Waals surface area contributed by atoms with Gasteiger partial charge in [-0.25, -0.2) is 0 Å². The summed E-state index contributed by atoms with van der Waals surface area (Å²) in [6.07, 6.45) is 4.31. The van der Waals surface area contributed by atoms with Crippen molar-refractivity contribution >= 4 is 17.5 Å². The van der Waals surface area contributed by atoms with Crippen molar-refractivity contribution in [3.05, 3.63) is 23.8 Å². The van der Waals surface area contributed by atoms with Gasteiger partial charge in [0.15, 0.2) is 0 Å². The van der Waals surface area contributed by atoms with Gasteiger partial charge in [-0.05, 0) is 19.2 Å². The van der Waals surface area contributed by atoms with Crippen LogP contribution in [-0.2, 0) is 0 Å². The third kappa shape index (κ3) is 3.07. The van der Waals surface area contributed by atoms with Crippen molar-refractivity contribution in [1.29, 1.82) is 0 Å². The molecular weight excluding hydrogens is 250 g/mol. The summed E-state index contributed by atoms with van der Waals surface area (Å²) in [6.45, 7) is 9.56. The Morgan fingerprint density at radius 1 is 1.30 bits per heavy atom. The largest absolute Gasteiger partial charge is 0.497 e. The molecule has 0 radical (unpaired) electrons. The molecule has 110 valence electrons. The predicted molar refractivity (Wildman–Crippen MR) is 86.4 cm³/mol. The number of methoxy groups -OCH3 is 1. The minimum atomic E-state index is 0.795. The first-order chi connectivity index (χ1) is 9.69. The number of nitrogens with two attached hydrogens (primary N) is 1. The summed E-state index contributed by atoms with van der Waals surface area (Å²) in [4.78, 5) is 4.78. The van der Waals surface area contributed by atoms with Crippen LogP contribution in [0, 0.1) is 0 Å². The van der Waals surface area contributed by atoms with Gasteiger partial charge >= 0.3 is 0 Å². The SMILES string of the molecule is CCN(CC)CCN1CC=Cc2cc(OC)cc(N)c21. The maximum absolute atomic E-state index is 6.21. The Hall–Kier alpha value is -1.68. The number of ether oxygens (including phenoxy) is 1. The van der Waals surface area contributed by atoms with Gasteiger partial charge in [-0.3, -0.25) is 0 Å². The van der Waals surface area contributed by atoms with Crippen molar-refractivity contribution in [2.24, 2.45) is 0 Å². The first kappa shape index (κ1) is 14.7. The van der Waals surface area contributed by atoms with E-state index in [1.807, 2.05) is 12.1 Å². The zero-order valence-corrected chi connectivity index (χ0v) is 12.7. The molecule has 0 unspecified atom stereocenters. The first-order valence-corrected chi connectivity index (χ1v) is 7.30. The second-order valence-electron chi connectivity index (χ2n) is 5.03. The number of hydrogen-bond acceptors (Lipinski definition) is 4. The summed E-state index contributed by atoms with van der Waals surface area (Å²) in [5.41, 5.74) is 9.29. The van der Waals surface area contributed by atoms with Crippen LogP contribution >= 0.6 is 0 Å². The van der Waals surface area contributed by atoms with E-state index in [0.29, 0.717) is 0 Å². The highest BCUT2D eigenvalue weighted by Gasteiger charge is 2.17. The Kier molecular flexibility index (Phi) is 4.90. The van der Waals surface area contributed by atoms with E-state index in [9.17, 15) is 0 Å². The molecule has 0 saturated heterocycles. The van der Waals surface area contributed by atoms with Crippen molar-refractivity contribution in [1.82, 2.24) is 4.90 Å². The third-order valence-electron chi connectivity index (χ3n) is 3.90. The van der Waals surface area contributed by atoms with Crippen molar-refractivity contribution in [2.75, 3.05) is 50.5 Å². The number of fused-ring (bicyclic) bond motifs is 1. The molecule has 0 amide bonds. The molecule has 0 fully saturated rings. The van der Waals surface area contributed by atoms with Crippen molar-refractivity contribution in [2.45, 2.75) is 13.8 Å². The van der Waals surface area contributed by atoms with E-state index >= 15 is 0 Å². The number of benzene rings is 1. The van der Waals surface area contributed by atoms with Crippen LogP contribution < -0.4 is 15.4 Å². The lowest BCUT2D eigenvalue weighted by Gasteiger charge is -2.31. The molecule has 4 nitrogen and oxygen atoms in total. The van der Waals surface area contributed by atoms with Crippen LogP contribution in [0.3, 0.4) is 0 Å². The molecule has 2 rings (SSSR count). The van der Waals surface area contributed by atoms with Crippen molar-refractivity contribution in [3.63, 3.8) is 0 Å². The normalized spacial score (nSPS) is 13.7. The molecule has 0 aromatic heterocycles. The molecule has 1 aromatic rings. The highest BCUT2D eigenvalue weighted by molar-refractivity contribution is 5.83. The van der Waals surface area contributed by atoms with Crippen LogP contribution in [-0.4, -0.2) is 44.7 Å². The van der Waals surface area contributed by atoms with Gasteiger partial charge in [0.2, 0.25) is 0 Å². The number of rotatable bonds is 6. The van der Waals surface area contributed by atoms with Gasteiger partial charge in [0, 0.05) is 31.3 Å². The highest BCUT2D eigenvalue weighted by atomic mass is 16.5. The number of anilines is 2. The summed E-state index contributed by atoms with van der Waals surface area (Å²) in [5, 5.41) is 0. The van der Waals surface area contributed by atoms with Crippen molar-refractivity contribution in [3.8, 4) is 5.75 Å². The highest BCUT2D eigenvalue weighted by Crippen LogP contribution is 2.35. The van der Waals surface area contributed by atoms with E-state index in [1.54, 1.807) is 7.11 Å². The molecule has 4 heteroatoms. The average Bonchev–Trinajstić information content (AvgIpc) is 2.47. The lowest BCUT2D eigenvalue weighted by molar-refractivity contribution is 0.310. The molecule has 0 bridgehead atoms. The van der Waals surface area contributed by atoms with Crippen LogP contribution in [0.25, 0.3) is 6.08 Å². The Morgan fingerprint density at radius 3 is 2.70 bits per heavy atom. The van der Waals surface area contributed by atoms with Gasteiger partial charge in [-0.2, -0.15) is 0 Å². The van der Waals surface area contributed by atoms with Gasteiger partial charge in [0.1, 0.15) is 5.75 Å². The Balaban J connectivity index is 2.18. The second-order valence-corrected chi connectivity index (χ2v) is 5.03. The van der Waals surface area contributed by atoms with Crippen LogP contribution in [0.4, 0.5) is 11.4 Å². The number of likely N-dealkylation sites (N-methyl/N-ethyl adjacent to an activating group) is 1. The van der Waals surface area contributed by atoms with Crippen LogP contribution in [0.2, 0.25) is 0 Å². The molecule has 0 saturated carbocycles. The maximum atomic E-state index is 6.21. The molecule has 0 spiro atoms. The van der Waals surface area contributed by atoms with Crippen LogP contribution in [0.1, 0.15) is 19.4 Å². The molecule has 0 atom stereocenters. The Labute approximate surface area is 121 Å². The van der Waals surface area contributed by atoms with Gasteiger partial charge < -0.3 is 20.3 Å². The molecule has 1 aromatic carbocycles. The first-order valence-electron chi connectivity index (χ1n) is 7.30. The fraction of sp³-hybridized carbons (Fsp3) is 0.500.